The fourth-order valence-electron chi connectivity index (χ4n) is 1.47. The summed E-state index contributed by atoms with van der Waals surface area (Å²) in [5.41, 5.74) is 1.95. The number of hydrogen-bond acceptors (Lipinski definition) is 4. The maximum Gasteiger partial charge on any atom is 0.251 e. The van der Waals surface area contributed by atoms with Crippen LogP contribution in [0.2, 0.25) is 5.15 Å². The summed E-state index contributed by atoms with van der Waals surface area (Å²) in [5.74, 6) is -0.211. The van der Waals surface area contributed by atoms with Crippen molar-refractivity contribution in [3.63, 3.8) is 0 Å². The van der Waals surface area contributed by atoms with Crippen molar-refractivity contribution in [1.82, 2.24) is 15.5 Å². The second-order valence-corrected chi connectivity index (χ2v) is 4.08. The molecule has 94 valence electrons. The number of nitrogens with one attached hydrogen (secondary N) is 1. The van der Waals surface area contributed by atoms with Gasteiger partial charge in [-0.25, -0.2) is 4.98 Å². The van der Waals surface area contributed by atoms with Crippen LogP contribution in [0.1, 0.15) is 28.7 Å². The van der Waals surface area contributed by atoms with Crippen LogP contribution < -0.4 is 5.32 Å². The van der Waals surface area contributed by atoms with Gasteiger partial charge >= 0.3 is 0 Å². The number of hydrogen-bond donors (Lipinski definition) is 1. The minimum atomic E-state index is -0.211. The molecule has 1 amide bonds. The standard InChI is InChI=1S/C12H12ClN3O2/c1-2-9-5-8(6-11(13)15-9)12(17)14-7-10-3-4-18-16-10/h3-6H,2,7H2,1H3,(H,14,17). The summed E-state index contributed by atoms with van der Waals surface area (Å²) in [5, 5.41) is 6.76. The zero-order valence-electron chi connectivity index (χ0n) is 9.81. The highest BCUT2D eigenvalue weighted by molar-refractivity contribution is 6.29. The fourth-order valence-corrected chi connectivity index (χ4v) is 1.69. The van der Waals surface area contributed by atoms with Gasteiger partial charge in [-0.1, -0.05) is 23.7 Å². The van der Waals surface area contributed by atoms with Crippen LogP contribution in [0, 0.1) is 0 Å². The Morgan fingerprint density at radius 3 is 2.94 bits per heavy atom. The molecule has 0 fully saturated rings. The first-order valence-corrected chi connectivity index (χ1v) is 5.90. The van der Waals surface area contributed by atoms with Gasteiger partial charge in [0.05, 0.1) is 6.54 Å². The molecule has 2 rings (SSSR count). The van der Waals surface area contributed by atoms with E-state index in [1.807, 2.05) is 6.92 Å². The van der Waals surface area contributed by atoms with Crippen LogP contribution in [-0.2, 0) is 13.0 Å². The minimum Gasteiger partial charge on any atom is -0.364 e. The second-order valence-electron chi connectivity index (χ2n) is 3.70. The number of halogens is 1. The summed E-state index contributed by atoms with van der Waals surface area (Å²) < 4.78 is 4.68. The number of nitrogens with zero attached hydrogens (tertiary/aromatic N) is 2. The average Bonchev–Trinajstić information content (AvgIpc) is 2.88. The molecule has 5 nitrogen and oxygen atoms in total. The van der Waals surface area contributed by atoms with Gasteiger partial charge in [-0.05, 0) is 18.6 Å². The van der Waals surface area contributed by atoms with E-state index >= 15 is 0 Å². The summed E-state index contributed by atoms with van der Waals surface area (Å²) in [6.45, 7) is 2.27. The molecule has 0 aliphatic rings. The third-order valence-corrected chi connectivity index (χ3v) is 2.59. The van der Waals surface area contributed by atoms with Crippen molar-refractivity contribution < 1.29 is 9.32 Å². The van der Waals surface area contributed by atoms with Crippen molar-refractivity contribution in [2.45, 2.75) is 19.9 Å². The van der Waals surface area contributed by atoms with Crippen LogP contribution in [0.25, 0.3) is 0 Å². The molecular formula is C12H12ClN3O2. The van der Waals surface area contributed by atoms with Gasteiger partial charge in [0.25, 0.3) is 5.91 Å². The topological polar surface area (TPSA) is 68.0 Å². The monoisotopic (exact) mass is 265 g/mol. The molecule has 6 heteroatoms. The Morgan fingerprint density at radius 2 is 2.28 bits per heavy atom. The lowest BCUT2D eigenvalue weighted by Crippen LogP contribution is -2.23. The SMILES string of the molecule is CCc1cc(C(=O)NCc2ccon2)cc(Cl)n1. The van der Waals surface area contributed by atoms with E-state index in [4.69, 9.17) is 11.6 Å². The average molecular weight is 266 g/mol. The van der Waals surface area contributed by atoms with E-state index in [2.05, 4.69) is 20.0 Å². The van der Waals surface area contributed by atoms with Crippen LogP contribution in [-0.4, -0.2) is 16.0 Å². The summed E-state index contributed by atoms with van der Waals surface area (Å²) in [7, 11) is 0. The Balaban J connectivity index is 2.06. The lowest BCUT2D eigenvalue weighted by atomic mass is 10.2. The van der Waals surface area contributed by atoms with Crippen LogP contribution in [0.4, 0.5) is 0 Å². The Labute approximate surface area is 109 Å². The first kappa shape index (κ1) is 12.6. The maximum absolute atomic E-state index is 11.9. The molecule has 0 bridgehead atoms. The van der Waals surface area contributed by atoms with Gasteiger partial charge in [0.2, 0.25) is 0 Å². The predicted octanol–water partition coefficient (Wildman–Crippen LogP) is 2.22. The Kier molecular flexibility index (Phi) is 3.94. The second kappa shape index (κ2) is 5.64. The van der Waals surface area contributed by atoms with Gasteiger partial charge in [0.15, 0.2) is 0 Å². The molecule has 2 heterocycles. The lowest BCUT2D eigenvalue weighted by Gasteiger charge is -2.05. The number of aromatic nitrogens is 2. The third kappa shape index (κ3) is 3.07. The third-order valence-electron chi connectivity index (χ3n) is 2.39. The number of amides is 1. The summed E-state index contributed by atoms with van der Waals surface area (Å²) in [6, 6.07) is 4.96. The molecule has 0 unspecified atom stereocenters. The lowest BCUT2D eigenvalue weighted by molar-refractivity contribution is 0.0950. The van der Waals surface area contributed by atoms with Gasteiger partial charge in [-0.15, -0.1) is 0 Å². The first-order valence-electron chi connectivity index (χ1n) is 5.53. The van der Waals surface area contributed by atoms with Crippen LogP contribution in [0.3, 0.4) is 0 Å². The molecule has 0 saturated carbocycles. The largest absolute Gasteiger partial charge is 0.364 e. The van der Waals surface area contributed by atoms with Gasteiger partial charge in [-0.3, -0.25) is 4.79 Å². The van der Waals surface area contributed by atoms with E-state index in [0.29, 0.717) is 23.0 Å². The van der Waals surface area contributed by atoms with E-state index in [9.17, 15) is 4.79 Å². The molecule has 0 aliphatic heterocycles. The van der Waals surface area contributed by atoms with Crippen LogP contribution in [0.15, 0.2) is 29.0 Å². The fraction of sp³-hybridized carbons (Fsp3) is 0.250. The molecule has 0 saturated heterocycles. The summed E-state index contributed by atoms with van der Waals surface area (Å²) >= 11 is 5.85. The molecule has 0 spiro atoms. The van der Waals surface area contributed by atoms with Gasteiger partial charge in [-0.2, -0.15) is 0 Å². The van der Waals surface area contributed by atoms with E-state index in [0.717, 1.165) is 12.1 Å². The molecule has 2 aromatic rings. The zero-order valence-corrected chi connectivity index (χ0v) is 10.6. The van der Waals surface area contributed by atoms with Crippen molar-refractivity contribution in [2.24, 2.45) is 0 Å². The normalized spacial score (nSPS) is 10.3. The van der Waals surface area contributed by atoms with E-state index in [1.165, 1.54) is 6.26 Å². The molecule has 1 N–H and O–H groups in total. The Morgan fingerprint density at radius 1 is 1.44 bits per heavy atom. The molecule has 0 radical (unpaired) electrons. The molecular weight excluding hydrogens is 254 g/mol. The van der Waals surface area contributed by atoms with E-state index < -0.39 is 0 Å². The number of carbonyl (C=O) groups is 1. The molecule has 0 aliphatic carbocycles. The number of pyridine rings is 1. The number of carbonyl (C=O) groups excluding carboxylic acids is 1. The highest BCUT2D eigenvalue weighted by Crippen LogP contribution is 2.11. The molecule has 18 heavy (non-hydrogen) atoms. The van der Waals surface area contributed by atoms with Gasteiger partial charge in [0.1, 0.15) is 17.1 Å². The van der Waals surface area contributed by atoms with E-state index in [1.54, 1.807) is 18.2 Å². The number of aryl methyl sites for hydroxylation is 1. The smallest absolute Gasteiger partial charge is 0.251 e. The summed E-state index contributed by atoms with van der Waals surface area (Å²) in [6.07, 6.45) is 2.18. The maximum atomic E-state index is 11.9. The van der Waals surface area contributed by atoms with E-state index in [-0.39, 0.29) is 5.91 Å². The van der Waals surface area contributed by atoms with Crippen molar-refractivity contribution in [1.29, 1.82) is 0 Å². The van der Waals surface area contributed by atoms with Gasteiger partial charge < -0.3 is 9.84 Å². The first-order chi connectivity index (χ1) is 8.69. The zero-order chi connectivity index (χ0) is 13.0. The predicted molar refractivity (Wildman–Crippen MR) is 66.3 cm³/mol. The number of rotatable bonds is 4. The Bertz CT molecular complexity index is 540. The van der Waals surface area contributed by atoms with Crippen molar-refractivity contribution in [3.05, 3.63) is 46.6 Å². The van der Waals surface area contributed by atoms with Crippen molar-refractivity contribution >= 4 is 17.5 Å². The molecule has 2 aromatic heterocycles. The highest BCUT2D eigenvalue weighted by atomic mass is 35.5. The van der Waals surface area contributed by atoms with Gasteiger partial charge in [0, 0.05) is 17.3 Å². The quantitative estimate of drug-likeness (QED) is 0.861. The van der Waals surface area contributed by atoms with Crippen LogP contribution in [0.5, 0.6) is 0 Å². The molecule has 0 aromatic carbocycles. The molecule has 0 atom stereocenters. The van der Waals surface area contributed by atoms with Crippen LogP contribution >= 0.6 is 11.6 Å². The highest BCUT2D eigenvalue weighted by Gasteiger charge is 2.09. The minimum absolute atomic E-state index is 0.211. The Hall–Kier alpha value is -1.88. The summed E-state index contributed by atoms with van der Waals surface area (Å²) in [4.78, 5) is 16.0. The van der Waals surface area contributed by atoms with Crippen molar-refractivity contribution in [2.75, 3.05) is 0 Å². The van der Waals surface area contributed by atoms with Crippen molar-refractivity contribution in [3.8, 4) is 0 Å².